The summed E-state index contributed by atoms with van der Waals surface area (Å²) in [4.78, 5) is 14.4. The Kier molecular flexibility index (Phi) is 4.87. The molecule has 22 heavy (non-hydrogen) atoms. The van der Waals surface area contributed by atoms with Gasteiger partial charge in [0, 0.05) is 6.04 Å². The van der Waals surface area contributed by atoms with Gasteiger partial charge in [-0.05, 0) is 43.9 Å². The first-order valence-electron chi connectivity index (χ1n) is 7.87. The second-order valence-electron chi connectivity index (χ2n) is 6.69. The average Bonchev–Trinajstić information content (AvgIpc) is 2.90. The van der Waals surface area contributed by atoms with Gasteiger partial charge in [0.2, 0.25) is 5.91 Å². The Hall–Kier alpha value is -1.86. The normalized spacial score (nSPS) is 19.6. The van der Waals surface area contributed by atoms with Gasteiger partial charge in [-0.3, -0.25) is 9.69 Å². The first kappa shape index (κ1) is 16.5. The standard InChI is InChI=1S/C18H25N3O/c1-13(2)18(3,12-19)20-17(22)11-21(4)16-10-9-14-7-5-6-8-15(14)16/h5-8,13,16H,9-11H2,1-4H3,(H,20,22)/t16-,18+/m0/s1. The molecule has 1 aliphatic rings. The molecule has 1 amide bonds. The van der Waals surface area contributed by atoms with Crippen LogP contribution in [0, 0.1) is 17.2 Å². The van der Waals surface area contributed by atoms with Gasteiger partial charge in [0.25, 0.3) is 0 Å². The molecule has 0 saturated carbocycles. The number of hydrogen-bond donors (Lipinski definition) is 1. The summed E-state index contributed by atoms with van der Waals surface area (Å²) in [6.45, 7) is 5.98. The molecule has 1 aromatic carbocycles. The SMILES string of the molecule is CC(C)[C@@](C)(C#N)NC(=O)CN(C)[C@H]1CCc2ccccc21. The van der Waals surface area contributed by atoms with Crippen molar-refractivity contribution >= 4 is 5.91 Å². The summed E-state index contributed by atoms with van der Waals surface area (Å²) in [6, 6.07) is 10.9. The molecule has 118 valence electrons. The van der Waals surface area contributed by atoms with Gasteiger partial charge in [-0.2, -0.15) is 5.26 Å². The van der Waals surface area contributed by atoms with Gasteiger partial charge in [0.05, 0.1) is 12.6 Å². The lowest BCUT2D eigenvalue weighted by atomic mass is 9.90. The molecule has 0 fully saturated rings. The molecule has 0 bridgehead atoms. The maximum absolute atomic E-state index is 12.3. The van der Waals surface area contributed by atoms with Gasteiger partial charge in [0.1, 0.15) is 5.54 Å². The van der Waals surface area contributed by atoms with Crippen molar-refractivity contribution < 1.29 is 4.79 Å². The topological polar surface area (TPSA) is 56.1 Å². The minimum absolute atomic E-state index is 0.0685. The summed E-state index contributed by atoms with van der Waals surface area (Å²) in [5.74, 6) is -0.0245. The zero-order valence-corrected chi connectivity index (χ0v) is 13.9. The van der Waals surface area contributed by atoms with Gasteiger partial charge in [-0.25, -0.2) is 0 Å². The van der Waals surface area contributed by atoms with Crippen LogP contribution in [-0.4, -0.2) is 29.9 Å². The smallest absolute Gasteiger partial charge is 0.235 e. The van der Waals surface area contributed by atoms with E-state index in [2.05, 4.69) is 40.6 Å². The molecular weight excluding hydrogens is 274 g/mol. The Morgan fingerprint density at radius 3 is 2.82 bits per heavy atom. The lowest BCUT2D eigenvalue weighted by Crippen LogP contribution is -2.51. The van der Waals surface area contributed by atoms with Crippen molar-refractivity contribution in [3.8, 4) is 6.07 Å². The largest absolute Gasteiger partial charge is 0.337 e. The van der Waals surface area contributed by atoms with E-state index in [1.54, 1.807) is 6.92 Å². The number of nitrogens with one attached hydrogen (secondary N) is 1. The first-order valence-corrected chi connectivity index (χ1v) is 7.87. The summed E-state index contributed by atoms with van der Waals surface area (Å²) in [6.07, 6.45) is 2.11. The molecular formula is C18H25N3O. The predicted molar refractivity (Wildman–Crippen MR) is 87.1 cm³/mol. The summed E-state index contributed by atoms with van der Waals surface area (Å²) < 4.78 is 0. The summed E-state index contributed by atoms with van der Waals surface area (Å²) >= 11 is 0. The molecule has 0 unspecified atom stereocenters. The highest BCUT2D eigenvalue weighted by Gasteiger charge is 2.32. The lowest BCUT2D eigenvalue weighted by Gasteiger charge is -2.30. The van der Waals surface area contributed by atoms with E-state index in [1.807, 2.05) is 20.9 Å². The maximum Gasteiger partial charge on any atom is 0.235 e. The highest BCUT2D eigenvalue weighted by Crippen LogP contribution is 2.34. The second-order valence-corrected chi connectivity index (χ2v) is 6.69. The van der Waals surface area contributed by atoms with Gasteiger partial charge in [0.15, 0.2) is 0 Å². The first-order chi connectivity index (χ1) is 10.4. The number of carbonyl (C=O) groups excluding carboxylic acids is 1. The van der Waals surface area contributed by atoms with E-state index in [9.17, 15) is 10.1 Å². The fourth-order valence-electron chi connectivity index (χ4n) is 2.96. The van der Waals surface area contributed by atoms with Crippen molar-refractivity contribution in [2.45, 2.75) is 45.2 Å². The van der Waals surface area contributed by atoms with E-state index in [0.717, 1.165) is 12.8 Å². The Labute approximate surface area is 133 Å². The van der Waals surface area contributed by atoms with Crippen molar-refractivity contribution in [1.29, 1.82) is 5.26 Å². The number of carbonyl (C=O) groups is 1. The Morgan fingerprint density at radius 1 is 1.50 bits per heavy atom. The van der Waals surface area contributed by atoms with E-state index in [4.69, 9.17) is 0 Å². The number of amides is 1. The third-order valence-electron chi connectivity index (χ3n) is 4.81. The number of likely N-dealkylation sites (N-methyl/N-ethyl adjacent to an activating group) is 1. The van der Waals surface area contributed by atoms with Crippen LogP contribution in [0.25, 0.3) is 0 Å². The van der Waals surface area contributed by atoms with Crippen LogP contribution < -0.4 is 5.32 Å². The van der Waals surface area contributed by atoms with Crippen LogP contribution in [-0.2, 0) is 11.2 Å². The van der Waals surface area contributed by atoms with Crippen molar-refractivity contribution in [1.82, 2.24) is 10.2 Å². The molecule has 2 rings (SSSR count). The number of nitrogens with zero attached hydrogens (tertiary/aromatic N) is 2. The molecule has 0 heterocycles. The number of rotatable bonds is 5. The molecule has 0 radical (unpaired) electrons. The minimum Gasteiger partial charge on any atom is -0.337 e. The van der Waals surface area contributed by atoms with Gasteiger partial charge in [-0.15, -0.1) is 0 Å². The molecule has 4 heteroatoms. The molecule has 0 saturated heterocycles. The molecule has 2 atom stereocenters. The third-order valence-corrected chi connectivity index (χ3v) is 4.81. The quantitative estimate of drug-likeness (QED) is 0.909. The van der Waals surface area contributed by atoms with Crippen LogP contribution in [0.3, 0.4) is 0 Å². The van der Waals surface area contributed by atoms with E-state index in [-0.39, 0.29) is 17.9 Å². The highest BCUT2D eigenvalue weighted by molar-refractivity contribution is 5.79. The van der Waals surface area contributed by atoms with E-state index >= 15 is 0 Å². The predicted octanol–water partition coefficient (Wildman–Crippen LogP) is 2.66. The van der Waals surface area contributed by atoms with E-state index in [0.29, 0.717) is 6.54 Å². The maximum atomic E-state index is 12.3. The molecule has 1 aliphatic carbocycles. The summed E-state index contributed by atoms with van der Waals surface area (Å²) in [5, 5.41) is 12.2. The summed E-state index contributed by atoms with van der Waals surface area (Å²) in [7, 11) is 1.98. The average molecular weight is 299 g/mol. The zero-order valence-electron chi connectivity index (χ0n) is 13.9. The monoisotopic (exact) mass is 299 g/mol. The lowest BCUT2D eigenvalue weighted by molar-refractivity contribution is -0.124. The molecule has 0 spiro atoms. The Bertz CT molecular complexity index is 590. The fraction of sp³-hybridized carbons (Fsp3) is 0.556. The van der Waals surface area contributed by atoms with Gasteiger partial charge < -0.3 is 5.32 Å². The Morgan fingerprint density at radius 2 is 2.18 bits per heavy atom. The number of fused-ring (bicyclic) bond motifs is 1. The summed E-state index contributed by atoms with van der Waals surface area (Å²) in [5.41, 5.74) is 1.89. The molecule has 4 nitrogen and oxygen atoms in total. The van der Waals surface area contributed by atoms with E-state index < -0.39 is 5.54 Å². The third kappa shape index (κ3) is 3.31. The fourth-order valence-corrected chi connectivity index (χ4v) is 2.96. The van der Waals surface area contributed by atoms with Crippen molar-refractivity contribution in [2.75, 3.05) is 13.6 Å². The number of aryl methyl sites for hydroxylation is 1. The molecule has 1 N–H and O–H groups in total. The van der Waals surface area contributed by atoms with Crippen LogP contribution in [0.2, 0.25) is 0 Å². The molecule has 0 aliphatic heterocycles. The molecule has 1 aromatic rings. The minimum atomic E-state index is -0.814. The van der Waals surface area contributed by atoms with Crippen LogP contribution in [0.15, 0.2) is 24.3 Å². The second kappa shape index (κ2) is 6.50. The number of hydrogen-bond acceptors (Lipinski definition) is 3. The van der Waals surface area contributed by atoms with Crippen molar-refractivity contribution in [3.63, 3.8) is 0 Å². The van der Waals surface area contributed by atoms with Gasteiger partial charge in [-0.1, -0.05) is 38.1 Å². The van der Waals surface area contributed by atoms with Crippen LogP contribution in [0.4, 0.5) is 0 Å². The van der Waals surface area contributed by atoms with Crippen LogP contribution in [0.5, 0.6) is 0 Å². The zero-order chi connectivity index (χ0) is 16.3. The van der Waals surface area contributed by atoms with E-state index in [1.165, 1.54) is 11.1 Å². The van der Waals surface area contributed by atoms with Crippen molar-refractivity contribution in [3.05, 3.63) is 35.4 Å². The van der Waals surface area contributed by atoms with Crippen LogP contribution >= 0.6 is 0 Å². The Balaban J connectivity index is 2.00. The number of benzene rings is 1. The van der Waals surface area contributed by atoms with Crippen LogP contribution in [0.1, 0.15) is 44.4 Å². The van der Waals surface area contributed by atoms with Gasteiger partial charge >= 0.3 is 0 Å². The van der Waals surface area contributed by atoms with Crippen molar-refractivity contribution in [2.24, 2.45) is 5.92 Å². The molecule has 0 aromatic heterocycles. The number of nitriles is 1. The highest BCUT2D eigenvalue weighted by atomic mass is 16.2.